The van der Waals surface area contributed by atoms with Gasteiger partial charge >= 0.3 is 5.97 Å². The Kier molecular flexibility index (Phi) is 3.08. The average molecular weight is 181 g/mol. The van der Waals surface area contributed by atoms with E-state index in [-0.39, 0.29) is 6.42 Å². The minimum Gasteiger partial charge on any atom is -0.481 e. The lowest BCUT2D eigenvalue weighted by atomic mass is 10.3. The Balaban J connectivity index is 2.45. The molecular formula is C8H11N3O2. The molecule has 0 saturated carbocycles. The smallest absolute Gasteiger partial charge is 0.305 e. The van der Waals surface area contributed by atoms with E-state index in [1.54, 1.807) is 12.3 Å². The van der Waals surface area contributed by atoms with Gasteiger partial charge in [-0.15, -0.1) is 0 Å². The summed E-state index contributed by atoms with van der Waals surface area (Å²) < 4.78 is 0. The van der Waals surface area contributed by atoms with Gasteiger partial charge in [0.25, 0.3) is 0 Å². The SMILES string of the molecule is Nc1cnccc1NCCC(=O)O. The zero-order valence-electron chi connectivity index (χ0n) is 7.03. The Bertz CT molecular complexity index is 301. The summed E-state index contributed by atoms with van der Waals surface area (Å²) in [5, 5.41) is 11.3. The second-order valence-electron chi connectivity index (χ2n) is 2.53. The second kappa shape index (κ2) is 4.30. The van der Waals surface area contributed by atoms with Crippen LogP contribution in [0, 0.1) is 0 Å². The molecule has 0 amide bonds. The van der Waals surface area contributed by atoms with Gasteiger partial charge in [-0.05, 0) is 6.07 Å². The Hall–Kier alpha value is -1.78. The summed E-state index contributed by atoms with van der Waals surface area (Å²) in [7, 11) is 0. The molecule has 1 heterocycles. The minimum absolute atomic E-state index is 0.0712. The van der Waals surface area contributed by atoms with Crippen LogP contribution in [-0.4, -0.2) is 22.6 Å². The quantitative estimate of drug-likeness (QED) is 0.631. The number of anilines is 2. The number of pyridine rings is 1. The number of carboxylic acids is 1. The maximum Gasteiger partial charge on any atom is 0.305 e. The molecule has 70 valence electrons. The number of carbonyl (C=O) groups is 1. The molecule has 5 nitrogen and oxygen atoms in total. The van der Waals surface area contributed by atoms with Crippen LogP contribution in [0.1, 0.15) is 6.42 Å². The molecule has 0 radical (unpaired) electrons. The van der Waals surface area contributed by atoms with Crippen molar-refractivity contribution in [2.24, 2.45) is 0 Å². The number of rotatable bonds is 4. The van der Waals surface area contributed by atoms with Crippen molar-refractivity contribution in [3.05, 3.63) is 18.5 Å². The third-order valence-electron chi connectivity index (χ3n) is 1.51. The van der Waals surface area contributed by atoms with Gasteiger partial charge in [0.2, 0.25) is 0 Å². The van der Waals surface area contributed by atoms with E-state index in [0.717, 1.165) is 5.69 Å². The van der Waals surface area contributed by atoms with Crippen LogP contribution in [0.2, 0.25) is 0 Å². The van der Waals surface area contributed by atoms with Crippen molar-refractivity contribution >= 4 is 17.3 Å². The van der Waals surface area contributed by atoms with Gasteiger partial charge in [-0.2, -0.15) is 0 Å². The molecule has 5 heteroatoms. The van der Waals surface area contributed by atoms with Gasteiger partial charge in [0, 0.05) is 12.7 Å². The van der Waals surface area contributed by atoms with E-state index in [2.05, 4.69) is 10.3 Å². The number of aromatic nitrogens is 1. The number of nitrogens with zero attached hydrogens (tertiary/aromatic N) is 1. The third-order valence-corrected chi connectivity index (χ3v) is 1.51. The fraction of sp³-hybridized carbons (Fsp3) is 0.250. The number of hydrogen-bond acceptors (Lipinski definition) is 4. The summed E-state index contributed by atoms with van der Waals surface area (Å²) >= 11 is 0. The largest absolute Gasteiger partial charge is 0.481 e. The Labute approximate surface area is 75.6 Å². The maximum atomic E-state index is 10.2. The van der Waals surface area contributed by atoms with Crippen LogP contribution in [-0.2, 0) is 4.79 Å². The normalized spacial score (nSPS) is 9.54. The average Bonchev–Trinajstić information content (AvgIpc) is 2.08. The number of aliphatic carboxylic acids is 1. The van der Waals surface area contributed by atoms with Crippen LogP contribution in [0.3, 0.4) is 0 Å². The van der Waals surface area contributed by atoms with Crippen LogP contribution in [0.25, 0.3) is 0 Å². The van der Waals surface area contributed by atoms with Gasteiger partial charge in [0.15, 0.2) is 0 Å². The van der Waals surface area contributed by atoms with Crippen LogP contribution in [0.15, 0.2) is 18.5 Å². The summed E-state index contributed by atoms with van der Waals surface area (Å²) in [5.41, 5.74) is 6.80. The Morgan fingerprint density at radius 2 is 2.46 bits per heavy atom. The van der Waals surface area contributed by atoms with Crippen molar-refractivity contribution in [3.8, 4) is 0 Å². The molecule has 0 atom stereocenters. The molecule has 4 N–H and O–H groups in total. The molecular weight excluding hydrogens is 170 g/mol. The van der Waals surface area contributed by atoms with E-state index in [0.29, 0.717) is 12.2 Å². The summed E-state index contributed by atoms with van der Waals surface area (Å²) in [6.45, 7) is 0.365. The number of nitrogens with two attached hydrogens (primary N) is 1. The topological polar surface area (TPSA) is 88.2 Å². The van der Waals surface area contributed by atoms with Crippen LogP contribution in [0.5, 0.6) is 0 Å². The van der Waals surface area contributed by atoms with Gasteiger partial charge < -0.3 is 16.2 Å². The van der Waals surface area contributed by atoms with Crippen molar-refractivity contribution < 1.29 is 9.90 Å². The first-order valence-corrected chi connectivity index (χ1v) is 3.85. The first-order chi connectivity index (χ1) is 6.20. The molecule has 0 unspecified atom stereocenters. The minimum atomic E-state index is -0.833. The van der Waals surface area contributed by atoms with Gasteiger partial charge in [0.1, 0.15) is 0 Å². The third kappa shape index (κ3) is 2.98. The predicted molar refractivity (Wildman–Crippen MR) is 49.4 cm³/mol. The van der Waals surface area contributed by atoms with Gasteiger partial charge in [-0.25, -0.2) is 0 Å². The van der Waals surface area contributed by atoms with Crippen molar-refractivity contribution in [2.45, 2.75) is 6.42 Å². The molecule has 0 bridgehead atoms. The lowest BCUT2D eigenvalue weighted by Gasteiger charge is -2.06. The van der Waals surface area contributed by atoms with E-state index in [4.69, 9.17) is 10.8 Å². The molecule has 0 aliphatic heterocycles. The van der Waals surface area contributed by atoms with E-state index < -0.39 is 5.97 Å². The van der Waals surface area contributed by atoms with Crippen molar-refractivity contribution in [1.82, 2.24) is 4.98 Å². The molecule has 0 spiro atoms. The van der Waals surface area contributed by atoms with E-state index >= 15 is 0 Å². The molecule has 0 saturated heterocycles. The van der Waals surface area contributed by atoms with Gasteiger partial charge in [-0.1, -0.05) is 0 Å². The molecule has 1 rings (SSSR count). The van der Waals surface area contributed by atoms with Gasteiger partial charge in [0.05, 0.1) is 24.0 Å². The lowest BCUT2D eigenvalue weighted by Crippen LogP contribution is -2.08. The monoisotopic (exact) mass is 181 g/mol. The van der Waals surface area contributed by atoms with E-state index in [1.165, 1.54) is 6.20 Å². The van der Waals surface area contributed by atoms with Crippen LogP contribution < -0.4 is 11.1 Å². The lowest BCUT2D eigenvalue weighted by molar-refractivity contribution is -0.136. The highest BCUT2D eigenvalue weighted by Crippen LogP contribution is 2.14. The molecule has 0 aliphatic rings. The molecule has 13 heavy (non-hydrogen) atoms. The molecule has 0 aromatic carbocycles. The highest BCUT2D eigenvalue weighted by molar-refractivity contribution is 5.69. The number of hydrogen-bond donors (Lipinski definition) is 3. The second-order valence-corrected chi connectivity index (χ2v) is 2.53. The highest BCUT2D eigenvalue weighted by atomic mass is 16.4. The number of nitrogen functional groups attached to an aromatic ring is 1. The zero-order valence-corrected chi connectivity index (χ0v) is 7.03. The zero-order chi connectivity index (χ0) is 9.68. The molecule has 1 aromatic heterocycles. The van der Waals surface area contributed by atoms with E-state index in [9.17, 15) is 4.79 Å². The fourth-order valence-corrected chi connectivity index (χ4v) is 0.872. The molecule has 1 aromatic rings. The van der Waals surface area contributed by atoms with Crippen molar-refractivity contribution in [2.75, 3.05) is 17.6 Å². The highest BCUT2D eigenvalue weighted by Gasteiger charge is 1.98. The first kappa shape index (κ1) is 9.31. The predicted octanol–water partition coefficient (Wildman–Crippen LogP) is 0.550. The summed E-state index contributed by atoms with van der Waals surface area (Å²) in [5.74, 6) is -0.833. The van der Waals surface area contributed by atoms with Crippen LogP contribution >= 0.6 is 0 Å². The van der Waals surface area contributed by atoms with Gasteiger partial charge in [-0.3, -0.25) is 9.78 Å². The number of carboxylic acid groups (broad SMARTS) is 1. The van der Waals surface area contributed by atoms with Crippen molar-refractivity contribution in [3.63, 3.8) is 0 Å². The Morgan fingerprint density at radius 1 is 1.69 bits per heavy atom. The number of nitrogens with one attached hydrogen (secondary N) is 1. The summed E-state index contributed by atoms with van der Waals surface area (Å²) in [6.07, 6.45) is 3.18. The molecule has 0 fully saturated rings. The standard InChI is InChI=1S/C8H11N3O2/c9-6-5-10-3-1-7(6)11-4-2-8(12)13/h1,3,5H,2,4,9H2,(H,10,11)(H,12,13). The van der Waals surface area contributed by atoms with Crippen molar-refractivity contribution in [1.29, 1.82) is 0 Å². The Morgan fingerprint density at radius 3 is 3.08 bits per heavy atom. The van der Waals surface area contributed by atoms with E-state index in [1.807, 2.05) is 0 Å². The summed E-state index contributed by atoms with van der Waals surface area (Å²) in [6, 6.07) is 1.71. The fourth-order valence-electron chi connectivity index (χ4n) is 0.872. The maximum absolute atomic E-state index is 10.2. The first-order valence-electron chi connectivity index (χ1n) is 3.85. The molecule has 0 aliphatic carbocycles. The summed E-state index contributed by atoms with van der Waals surface area (Å²) in [4.78, 5) is 14.0. The van der Waals surface area contributed by atoms with Crippen LogP contribution in [0.4, 0.5) is 11.4 Å².